The number of hydrogen-bond donors (Lipinski definition) is 1. The van der Waals surface area contributed by atoms with E-state index in [4.69, 9.17) is 0 Å². The molecule has 0 saturated carbocycles. The first-order valence-corrected chi connectivity index (χ1v) is 9.32. The number of carbonyl (C=O) groups is 1. The summed E-state index contributed by atoms with van der Waals surface area (Å²) in [6.07, 6.45) is -0.180. The molecule has 0 saturated heterocycles. The number of benzene rings is 3. The second-order valence-electron chi connectivity index (χ2n) is 7.05. The Hall–Kier alpha value is -3.27. The number of para-hydroxylation sites is 2. The highest BCUT2D eigenvalue weighted by Gasteiger charge is 2.30. The average molecular weight is 355 g/mol. The molecule has 1 unspecified atom stereocenters. The molecule has 4 nitrogen and oxygen atoms in total. The number of carbonyl (C=O) groups excluding carboxylic acids is 1. The minimum atomic E-state index is -0.180. The number of rotatable bonds is 2. The Morgan fingerprint density at radius 3 is 2.52 bits per heavy atom. The van der Waals surface area contributed by atoms with E-state index in [9.17, 15) is 4.79 Å². The van der Waals surface area contributed by atoms with Crippen LogP contribution in [0.2, 0.25) is 0 Å². The fourth-order valence-electron chi connectivity index (χ4n) is 4.24. The van der Waals surface area contributed by atoms with Crippen LogP contribution in [0.25, 0.3) is 21.8 Å². The van der Waals surface area contributed by atoms with Gasteiger partial charge in [-0.3, -0.25) is 4.79 Å². The fraction of sp³-hybridized carbons (Fsp3) is 0.174. The summed E-state index contributed by atoms with van der Waals surface area (Å²) in [6, 6.07) is 22.7. The van der Waals surface area contributed by atoms with Crippen LogP contribution in [0.4, 0.5) is 5.69 Å². The van der Waals surface area contributed by atoms with Crippen LogP contribution in [0.5, 0.6) is 0 Å². The minimum absolute atomic E-state index is 0.0467. The summed E-state index contributed by atoms with van der Waals surface area (Å²) < 4.78 is 2.34. The third-order valence-electron chi connectivity index (χ3n) is 5.59. The van der Waals surface area contributed by atoms with E-state index in [1.54, 1.807) is 4.90 Å². The van der Waals surface area contributed by atoms with Crippen molar-refractivity contribution in [2.75, 3.05) is 12.4 Å². The zero-order valence-corrected chi connectivity index (χ0v) is 15.4. The van der Waals surface area contributed by atoms with Crippen LogP contribution < -0.4 is 5.32 Å². The molecule has 1 atom stereocenters. The molecule has 0 aliphatic carbocycles. The van der Waals surface area contributed by atoms with Gasteiger partial charge in [0.05, 0.1) is 5.56 Å². The summed E-state index contributed by atoms with van der Waals surface area (Å²) >= 11 is 0. The molecule has 27 heavy (non-hydrogen) atoms. The van der Waals surface area contributed by atoms with Gasteiger partial charge >= 0.3 is 0 Å². The fourth-order valence-corrected chi connectivity index (χ4v) is 4.24. The number of amides is 1. The number of hydrogen-bond acceptors (Lipinski definition) is 2. The molecule has 3 aromatic carbocycles. The standard InChI is InChI=1S/C23H21N3O/c1-3-26-20-11-7-5-8-16(20)18-14-15(12-13-21(18)26)22-24-19-10-6-4-9-17(19)23(27)25(22)2/h4-14,22,24H,3H2,1-2H3. The topological polar surface area (TPSA) is 37.3 Å². The van der Waals surface area contributed by atoms with Gasteiger partial charge in [0.1, 0.15) is 6.17 Å². The van der Waals surface area contributed by atoms with E-state index in [1.165, 1.54) is 21.8 Å². The summed E-state index contributed by atoms with van der Waals surface area (Å²) in [4.78, 5) is 14.6. The van der Waals surface area contributed by atoms with E-state index in [0.29, 0.717) is 0 Å². The van der Waals surface area contributed by atoms with Crippen LogP contribution in [-0.4, -0.2) is 22.4 Å². The molecule has 0 spiro atoms. The van der Waals surface area contributed by atoms with Gasteiger partial charge in [0, 0.05) is 41.1 Å². The first-order valence-electron chi connectivity index (χ1n) is 9.32. The Balaban J connectivity index is 1.68. The molecule has 4 heteroatoms. The van der Waals surface area contributed by atoms with Crippen LogP contribution in [0, 0.1) is 0 Å². The van der Waals surface area contributed by atoms with Crippen molar-refractivity contribution in [3.05, 3.63) is 77.9 Å². The van der Waals surface area contributed by atoms with E-state index in [1.807, 2.05) is 31.3 Å². The van der Waals surface area contributed by atoms with Crippen molar-refractivity contribution in [1.82, 2.24) is 9.47 Å². The third kappa shape index (κ3) is 2.26. The van der Waals surface area contributed by atoms with Gasteiger partial charge in [-0.2, -0.15) is 0 Å². The maximum Gasteiger partial charge on any atom is 0.257 e. The van der Waals surface area contributed by atoms with Gasteiger partial charge in [-0.1, -0.05) is 36.4 Å². The van der Waals surface area contributed by atoms with Gasteiger partial charge in [0.25, 0.3) is 5.91 Å². The molecule has 1 aromatic heterocycles. The zero-order chi connectivity index (χ0) is 18.5. The Kier molecular flexibility index (Phi) is 3.47. The number of anilines is 1. The molecule has 1 aliphatic rings. The second kappa shape index (κ2) is 5.88. The Labute approximate surface area is 158 Å². The third-order valence-corrected chi connectivity index (χ3v) is 5.59. The molecule has 5 rings (SSSR count). The Bertz CT molecular complexity index is 1190. The average Bonchev–Trinajstić information content (AvgIpc) is 3.03. The lowest BCUT2D eigenvalue weighted by Crippen LogP contribution is -2.40. The van der Waals surface area contributed by atoms with Gasteiger partial charge in [-0.15, -0.1) is 0 Å². The predicted molar refractivity (Wildman–Crippen MR) is 110 cm³/mol. The van der Waals surface area contributed by atoms with Crippen molar-refractivity contribution in [3.63, 3.8) is 0 Å². The monoisotopic (exact) mass is 355 g/mol. The van der Waals surface area contributed by atoms with Crippen molar-refractivity contribution >= 4 is 33.4 Å². The maximum atomic E-state index is 12.8. The quantitative estimate of drug-likeness (QED) is 0.549. The number of nitrogens with zero attached hydrogens (tertiary/aromatic N) is 2. The van der Waals surface area contributed by atoms with E-state index in [0.717, 1.165) is 23.4 Å². The SMILES string of the molecule is CCn1c2ccccc2c2cc(C3Nc4ccccc4C(=O)N3C)ccc21. The Morgan fingerprint density at radius 1 is 0.926 bits per heavy atom. The molecule has 1 amide bonds. The van der Waals surface area contributed by atoms with Crippen molar-refractivity contribution in [2.45, 2.75) is 19.6 Å². The number of nitrogens with one attached hydrogen (secondary N) is 1. The highest BCUT2D eigenvalue weighted by Crippen LogP contribution is 2.35. The lowest BCUT2D eigenvalue weighted by Gasteiger charge is -2.35. The summed E-state index contributed by atoms with van der Waals surface area (Å²) in [7, 11) is 1.86. The van der Waals surface area contributed by atoms with E-state index in [2.05, 4.69) is 59.3 Å². The summed E-state index contributed by atoms with van der Waals surface area (Å²) in [6.45, 7) is 3.10. The molecular weight excluding hydrogens is 334 g/mol. The van der Waals surface area contributed by atoms with E-state index < -0.39 is 0 Å². The van der Waals surface area contributed by atoms with Crippen LogP contribution in [-0.2, 0) is 6.54 Å². The van der Waals surface area contributed by atoms with Crippen molar-refractivity contribution in [3.8, 4) is 0 Å². The Morgan fingerprint density at radius 2 is 1.67 bits per heavy atom. The smallest absolute Gasteiger partial charge is 0.257 e. The molecule has 4 aromatic rings. The summed E-state index contributed by atoms with van der Waals surface area (Å²) in [5.41, 5.74) is 5.18. The predicted octanol–water partition coefficient (Wildman–Crippen LogP) is 5.01. The van der Waals surface area contributed by atoms with Crippen molar-refractivity contribution in [2.24, 2.45) is 0 Å². The maximum absolute atomic E-state index is 12.8. The van der Waals surface area contributed by atoms with Crippen LogP contribution in [0.1, 0.15) is 29.0 Å². The first-order chi connectivity index (χ1) is 13.2. The van der Waals surface area contributed by atoms with Gasteiger partial charge in [-0.25, -0.2) is 0 Å². The molecule has 0 bridgehead atoms. The van der Waals surface area contributed by atoms with Crippen LogP contribution in [0.3, 0.4) is 0 Å². The molecule has 1 N–H and O–H groups in total. The van der Waals surface area contributed by atoms with Crippen LogP contribution in [0.15, 0.2) is 66.7 Å². The molecule has 1 aliphatic heterocycles. The van der Waals surface area contributed by atoms with Gasteiger partial charge < -0.3 is 14.8 Å². The zero-order valence-electron chi connectivity index (χ0n) is 15.4. The molecule has 134 valence electrons. The molecule has 2 heterocycles. The lowest BCUT2D eigenvalue weighted by molar-refractivity contribution is 0.0735. The van der Waals surface area contributed by atoms with Gasteiger partial charge in [0.2, 0.25) is 0 Å². The van der Waals surface area contributed by atoms with Crippen molar-refractivity contribution < 1.29 is 4.79 Å². The van der Waals surface area contributed by atoms with Crippen molar-refractivity contribution in [1.29, 1.82) is 0 Å². The number of fused-ring (bicyclic) bond motifs is 4. The van der Waals surface area contributed by atoms with E-state index in [-0.39, 0.29) is 12.1 Å². The second-order valence-corrected chi connectivity index (χ2v) is 7.05. The first kappa shape index (κ1) is 15.9. The molecular formula is C23H21N3O. The number of aryl methyl sites for hydroxylation is 1. The highest BCUT2D eigenvalue weighted by molar-refractivity contribution is 6.08. The van der Waals surface area contributed by atoms with E-state index >= 15 is 0 Å². The summed E-state index contributed by atoms with van der Waals surface area (Å²) in [5, 5.41) is 6.00. The van der Waals surface area contributed by atoms with Crippen LogP contribution >= 0.6 is 0 Å². The highest BCUT2D eigenvalue weighted by atomic mass is 16.2. The number of aromatic nitrogens is 1. The molecule has 0 radical (unpaired) electrons. The normalized spacial score (nSPS) is 16.6. The lowest BCUT2D eigenvalue weighted by atomic mass is 10.0. The molecule has 0 fully saturated rings. The summed E-state index contributed by atoms with van der Waals surface area (Å²) in [5.74, 6) is 0.0467. The minimum Gasteiger partial charge on any atom is -0.361 e. The van der Waals surface area contributed by atoms with Gasteiger partial charge in [0.15, 0.2) is 0 Å². The van der Waals surface area contributed by atoms with Gasteiger partial charge in [-0.05, 0) is 42.8 Å². The largest absolute Gasteiger partial charge is 0.361 e.